The predicted molar refractivity (Wildman–Crippen MR) is 252 cm³/mol. The van der Waals surface area contributed by atoms with Gasteiger partial charge in [0.05, 0.1) is 38.3 Å². The first kappa shape index (κ1) is 34.3. The fraction of sp³-hybridized carbons (Fsp3) is 0. The summed E-state index contributed by atoms with van der Waals surface area (Å²) in [6.45, 7) is 0. The van der Waals surface area contributed by atoms with Crippen LogP contribution in [0.1, 0.15) is 0 Å². The maximum Gasteiger partial charge on any atom is 0.160 e. The minimum absolute atomic E-state index is 0.691. The molecular formula is C55H34N4S. The van der Waals surface area contributed by atoms with Gasteiger partial charge in [-0.05, 0) is 59.7 Å². The van der Waals surface area contributed by atoms with Gasteiger partial charge in [-0.2, -0.15) is 0 Å². The van der Waals surface area contributed by atoms with Gasteiger partial charge >= 0.3 is 0 Å². The fourth-order valence-electron chi connectivity index (χ4n) is 8.73. The number of benzene rings is 8. The van der Waals surface area contributed by atoms with E-state index in [1.165, 1.54) is 58.5 Å². The lowest BCUT2D eigenvalue weighted by Gasteiger charge is -2.12. The molecule has 60 heavy (non-hydrogen) atoms. The third-order valence-corrected chi connectivity index (χ3v) is 12.8. The number of thiophene rings is 1. The predicted octanol–water partition coefficient (Wildman–Crippen LogP) is 14.8. The lowest BCUT2D eigenvalue weighted by molar-refractivity contribution is 1.17. The molecule has 12 aromatic rings. The highest BCUT2D eigenvalue weighted by Gasteiger charge is 2.18. The zero-order valence-corrected chi connectivity index (χ0v) is 33.1. The molecule has 0 aliphatic carbocycles. The Labute approximate surface area is 350 Å². The summed E-state index contributed by atoms with van der Waals surface area (Å²) in [5.74, 6) is 0.691. The third-order valence-electron chi connectivity index (χ3n) is 11.6. The van der Waals surface area contributed by atoms with Crippen molar-refractivity contribution in [2.24, 2.45) is 0 Å². The second-order valence-corrected chi connectivity index (χ2v) is 16.2. The van der Waals surface area contributed by atoms with Gasteiger partial charge in [0.25, 0.3) is 0 Å². The van der Waals surface area contributed by atoms with E-state index in [-0.39, 0.29) is 0 Å². The molecule has 0 aliphatic heterocycles. The summed E-state index contributed by atoms with van der Waals surface area (Å²) < 4.78 is 4.80. The minimum Gasteiger partial charge on any atom is -0.309 e. The third kappa shape index (κ3) is 5.70. The van der Waals surface area contributed by atoms with E-state index in [1.54, 1.807) is 0 Å². The van der Waals surface area contributed by atoms with Crippen LogP contribution in [0.15, 0.2) is 206 Å². The van der Waals surface area contributed by atoms with Crippen LogP contribution in [0.5, 0.6) is 0 Å². The van der Waals surface area contributed by atoms with Gasteiger partial charge in [-0.3, -0.25) is 0 Å². The van der Waals surface area contributed by atoms with Crippen molar-refractivity contribution in [2.75, 3.05) is 0 Å². The van der Waals surface area contributed by atoms with Crippen molar-refractivity contribution in [3.8, 4) is 62.0 Å². The van der Waals surface area contributed by atoms with Crippen LogP contribution in [0, 0.1) is 0 Å². The molecule has 0 N–H and O–H groups in total. The summed E-state index contributed by atoms with van der Waals surface area (Å²) in [6.07, 6.45) is 0. The normalized spacial score (nSPS) is 11.7. The van der Waals surface area contributed by atoms with E-state index < -0.39 is 0 Å². The Bertz CT molecular complexity index is 3520. The second kappa shape index (κ2) is 14.0. The lowest BCUT2D eigenvalue weighted by Crippen LogP contribution is -1.97. The molecule has 0 aliphatic rings. The van der Waals surface area contributed by atoms with Crippen molar-refractivity contribution in [2.45, 2.75) is 0 Å². The summed E-state index contributed by atoms with van der Waals surface area (Å²) in [7, 11) is 0. The zero-order valence-electron chi connectivity index (χ0n) is 32.3. The number of hydrogen-bond donors (Lipinski definition) is 0. The molecule has 0 radical (unpaired) electrons. The molecule has 8 aromatic carbocycles. The van der Waals surface area contributed by atoms with Crippen molar-refractivity contribution in [1.82, 2.24) is 19.5 Å². The van der Waals surface area contributed by atoms with Crippen LogP contribution in [0.4, 0.5) is 0 Å². The Balaban J connectivity index is 0.956. The molecule has 280 valence electrons. The van der Waals surface area contributed by atoms with Gasteiger partial charge in [-0.15, -0.1) is 11.3 Å². The van der Waals surface area contributed by atoms with Crippen LogP contribution in [0.2, 0.25) is 0 Å². The summed E-state index contributed by atoms with van der Waals surface area (Å²) >= 11 is 1.82. The highest BCUT2D eigenvalue weighted by atomic mass is 32.1. The smallest absolute Gasteiger partial charge is 0.160 e. The fourth-order valence-corrected chi connectivity index (χ4v) is 9.96. The van der Waals surface area contributed by atoms with E-state index in [0.29, 0.717) is 5.82 Å². The number of hydrogen-bond acceptors (Lipinski definition) is 4. The Kier molecular flexibility index (Phi) is 8.00. The number of rotatable bonds is 6. The number of fused-ring (bicyclic) bond motifs is 8. The molecule has 0 amide bonds. The molecular weight excluding hydrogens is 749 g/mol. The van der Waals surface area contributed by atoms with E-state index >= 15 is 0 Å². The first-order valence-electron chi connectivity index (χ1n) is 20.2. The number of para-hydroxylation sites is 2. The van der Waals surface area contributed by atoms with E-state index in [4.69, 9.17) is 15.0 Å². The van der Waals surface area contributed by atoms with Crippen LogP contribution >= 0.6 is 11.3 Å². The van der Waals surface area contributed by atoms with Gasteiger partial charge in [-0.25, -0.2) is 15.0 Å². The molecule has 0 unspecified atom stereocenters. The number of nitrogens with zero attached hydrogens (tertiary/aromatic N) is 4. The largest absolute Gasteiger partial charge is 0.309 e. The maximum absolute atomic E-state index is 5.36. The molecule has 4 heterocycles. The first-order chi connectivity index (χ1) is 29.7. The SMILES string of the molecule is c1ccc(-c2ccc3nc(-c4ccc(-c5cc(-c6ccc(-n7c8ccccc8c8ccccc87)cc6)nc(-c6ccccc6)n5)cc4)c4sc5ccccc5c4c3c2)cc1. The van der Waals surface area contributed by atoms with Crippen molar-refractivity contribution in [3.63, 3.8) is 0 Å². The van der Waals surface area contributed by atoms with Gasteiger partial charge in [0.2, 0.25) is 0 Å². The molecule has 0 saturated carbocycles. The summed E-state index contributed by atoms with van der Waals surface area (Å²) in [6, 6.07) is 73.0. The molecule has 0 bridgehead atoms. The molecule has 12 rings (SSSR count). The van der Waals surface area contributed by atoms with Gasteiger partial charge in [0, 0.05) is 59.6 Å². The molecule has 0 atom stereocenters. The van der Waals surface area contributed by atoms with Crippen molar-refractivity contribution < 1.29 is 0 Å². The highest BCUT2D eigenvalue weighted by Crippen LogP contribution is 2.44. The van der Waals surface area contributed by atoms with E-state index in [2.05, 4.69) is 193 Å². The molecule has 0 fully saturated rings. The van der Waals surface area contributed by atoms with Gasteiger partial charge in [0.1, 0.15) is 0 Å². The topological polar surface area (TPSA) is 43.6 Å². The average Bonchev–Trinajstić information content (AvgIpc) is 3.89. The molecule has 0 spiro atoms. The van der Waals surface area contributed by atoms with Crippen LogP contribution in [-0.2, 0) is 0 Å². The summed E-state index contributed by atoms with van der Waals surface area (Å²) in [5, 5.41) is 6.19. The van der Waals surface area contributed by atoms with E-state index in [9.17, 15) is 0 Å². The summed E-state index contributed by atoms with van der Waals surface area (Å²) in [5.41, 5.74) is 13.7. The maximum atomic E-state index is 5.36. The van der Waals surface area contributed by atoms with Crippen LogP contribution in [-0.4, -0.2) is 19.5 Å². The van der Waals surface area contributed by atoms with Crippen LogP contribution in [0.3, 0.4) is 0 Å². The molecule has 0 saturated heterocycles. The molecule has 5 heteroatoms. The Hall–Kier alpha value is -7.73. The van der Waals surface area contributed by atoms with E-state index in [1.807, 2.05) is 29.5 Å². The second-order valence-electron chi connectivity index (χ2n) is 15.2. The van der Waals surface area contributed by atoms with Gasteiger partial charge < -0.3 is 4.57 Å². The lowest BCUT2D eigenvalue weighted by atomic mass is 9.98. The summed E-state index contributed by atoms with van der Waals surface area (Å²) in [4.78, 5) is 15.6. The first-order valence-corrected chi connectivity index (χ1v) is 21.0. The van der Waals surface area contributed by atoms with Crippen molar-refractivity contribution >= 4 is 64.2 Å². The number of aromatic nitrogens is 4. The van der Waals surface area contributed by atoms with Gasteiger partial charge in [0.15, 0.2) is 5.82 Å². The quantitative estimate of drug-likeness (QED) is 0.169. The molecule has 4 nitrogen and oxygen atoms in total. The van der Waals surface area contributed by atoms with Gasteiger partial charge in [-0.1, -0.05) is 158 Å². The monoisotopic (exact) mass is 782 g/mol. The van der Waals surface area contributed by atoms with Crippen LogP contribution < -0.4 is 0 Å². The van der Waals surface area contributed by atoms with Crippen molar-refractivity contribution in [3.05, 3.63) is 206 Å². The highest BCUT2D eigenvalue weighted by molar-refractivity contribution is 7.26. The van der Waals surface area contributed by atoms with Crippen LogP contribution in [0.25, 0.3) is 115 Å². The Morgan fingerprint density at radius 2 is 0.900 bits per heavy atom. The zero-order chi connectivity index (χ0) is 39.6. The Morgan fingerprint density at radius 1 is 0.367 bits per heavy atom. The van der Waals surface area contributed by atoms with Crippen molar-refractivity contribution in [1.29, 1.82) is 0 Å². The average molecular weight is 783 g/mol. The Morgan fingerprint density at radius 3 is 1.57 bits per heavy atom. The molecule has 4 aromatic heterocycles. The number of pyridine rings is 1. The van der Waals surface area contributed by atoms with E-state index in [0.717, 1.165) is 50.5 Å². The minimum atomic E-state index is 0.691. The standard InChI is InChI=1S/C55H34N4S/c1-3-13-35(14-4-1)40-29-32-46-45(33-40)52-44-19-9-12-22-51(44)60-54(52)53(56-46)38-25-23-36(24-26-38)47-34-48(58-55(57-47)39-15-5-2-6-16-39)37-27-30-41(31-28-37)59-49-20-10-7-17-42(49)43-18-8-11-21-50(43)59/h1-34H.